The van der Waals surface area contributed by atoms with E-state index in [2.05, 4.69) is 36.5 Å². The third-order valence-corrected chi connectivity index (χ3v) is 5.01. The number of rotatable bonds is 7. The third-order valence-electron chi connectivity index (χ3n) is 2.13. The van der Waals surface area contributed by atoms with Crippen LogP contribution in [0.3, 0.4) is 0 Å². The second kappa shape index (κ2) is 8.45. The second-order valence-corrected chi connectivity index (χ2v) is 6.68. The summed E-state index contributed by atoms with van der Waals surface area (Å²) < 4.78 is 4.96. The molecular formula is C13H19NO2S2. The van der Waals surface area contributed by atoms with Gasteiger partial charge in [-0.2, -0.15) is 0 Å². The first-order valence-electron chi connectivity index (χ1n) is 5.82. The lowest BCUT2D eigenvalue weighted by Gasteiger charge is -2.10. The Labute approximate surface area is 116 Å². The van der Waals surface area contributed by atoms with Crippen molar-refractivity contribution in [1.82, 2.24) is 5.32 Å². The summed E-state index contributed by atoms with van der Waals surface area (Å²) in [6, 6.07) is 8.47. The maximum Gasteiger partial charge on any atom is 0.302 e. The molecule has 0 aliphatic rings. The van der Waals surface area contributed by atoms with Crippen LogP contribution in [0.4, 0.5) is 0 Å². The molecule has 1 aromatic rings. The quantitative estimate of drug-likeness (QED) is 0.615. The number of esters is 1. The molecule has 0 radical (unpaired) electrons. The molecule has 5 heteroatoms. The molecule has 0 aliphatic heterocycles. The Bertz CT molecular complexity index is 368. The predicted molar refractivity (Wildman–Crippen MR) is 78.7 cm³/mol. The Balaban J connectivity index is 2.31. The van der Waals surface area contributed by atoms with Gasteiger partial charge in [0.1, 0.15) is 6.61 Å². The molecule has 0 fully saturated rings. The number of nitrogens with one attached hydrogen (secondary N) is 1. The fourth-order valence-electron chi connectivity index (χ4n) is 1.27. The number of ether oxygens (including phenoxy) is 1. The van der Waals surface area contributed by atoms with E-state index in [9.17, 15) is 4.79 Å². The zero-order chi connectivity index (χ0) is 13.4. The van der Waals surface area contributed by atoms with Crippen molar-refractivity contribution in [1.29, 1.82) is 0 Å². The second-order valence-electron chi connectivity index (χ2n) is 3.97. The van der Waals surface area contributed by atoms with Gasteiger partial charge >= 0.3 is 5.97 Å². The van der Waals surface area contributed by atoms with Crippen LogP contribution in [0, 0.1) is 0 Å². The van der Waals surface area contributed by atoms with E-state index < -0.39 is 0 Å². The highest BCUT2D eigenvalue weighted by Gasteiger charge is 2.06. The molecule has 100 valence electrons. The number of hydrogen-bond donors (Lipinski definition) is 1. The number of hydrogen-bond acceptors (Lipinski definition) is 5. The van der Waals surface area contributed by atoms with E-state index >= 15 is 0 Å². The van der Waals surface area contributed by atoms with Gasteiger partial charge in [0.15, 0.2) is 0 Å². The molecule has 0 spiro atoms. The third kappa shape index (κ3) is 6.33. The molecule has 0 aromatic heterocycles. The van der Waals surface area contributed by atoms with Crippen molar-refractivity contribution in [3.05, 3.63) is 29.8 Å². The van der Waals surface area contributed by atoms with Crippen LogP contribution in [0.2, 0.25) is 0 Å². The Morgan fingerprint density at radius 2 is 2.06 bits per heavy atom. The zero-order valence-corrected chi connectivity index (χ0v) is 12.6. The van der Waals surface area contributed by atoms with Crippen LogP contribution in [0.25, 0.3) is 0 Å². The van der Waals surface area contributed by atoms with Gasteiger partial charge in [0, 0.05) is 23.6 Å². The van der Waals surface area contributed by atoms with E-state index in [0.717, 1.165) is 6.54 Å². The lowest BCUT2D eigenvalue weighted by atomic mass is 10.2. The molecule has 1 aromatic carbocycles. The first-order valence-corrected chi connectivity index (χ1v) is 8.03. The molecule has 0 aliphatic carbocycles. The highest BCUT2D eigenvalue weighted by molar-refractivity contribution is 8.76. The van der Waals surface area contributed by atoms with E-state index in [0.29, 0.717) is 6.61 Å². The summed E-state index contributed by atoms with van der Waals surface area (Å²) >= 11 is 0. The van der Waals surface area contributed by atoms with E-state index in [-0.39, 0.29) is 11.2 Å². The zero-order valence-electron chi connectivity index (χ0n) is 10.9. The van der Waals surface area contributed by atoms with Crippen LogP contribution in [0.15, 0.2) is 29.2 Å². The van der Waals surface area contributed by atoms with E-state index in [4.69, 9.17) is 4.74 Å². The molecule has 3 nitrogen and oxygen atoms in total. The molecule has 0 amide bonds. The van der Waals surface area contributed by atoms with Crippen LogP contribution >= 0.6 is 21.6 Å². The van der Waals surface area contributed by atoms with Crippen molar-refractivity contribution in [2.75, 3.05) is 13.7 Å². The Morgan fingerprint density at radius 3 is 2.61 bits per heavy atom. The van der Waals surface area contributed by atoms with Crippen molar-refractivity contribution in [3.8, 4) is 0 Å². The average molecular weight is 285 g/mol. The van der Waals surface area contributed by atoms with Crippen molar-refractivity contribution in [3.63, 3.8) is 0 Å². The highest BCUT2D eigenvalue weighted by atomic mass is 33.1. The average Bonchev–Trinajstić information content (AvgIpc) is 2.36. The first-order chi connectivity index (χ1) is 8.61. The minimum atomic E-state index is -0.219. The van der Waals surface area contributed by atoms with Crippen molar-refractivity contribution < 1.29 is 9.53 Å². The monoisotopic (exact) mass is 285 g/mol. The first kappa shape index (κ1) is 15.4. The van der Waals surface area contributed by atoms with Crippen LogP contribution in [-0.2, 0) is 16.1 Å². The summed E-state index contributed by atoms with van der Waals surface area (Å²) in [5.74, 6) is -0.219. The molecule has 1 atom stereocenters. The van der Waals surface area contributed by atoms with Crippen molar-refractivity contribution >= 4 is 27.6 Å². The molecule has 1 unspecified atom stereocenters. The van der Waals surface area contributed by atoms with Gasteiger partial charge in [0.05, 0.1) is 0 Å². The van der Waals surface area contributed by atoms with Crippen LogP contribution in [0.5, 0.6) is 0 Å². The Morgan fingerprint density at radius 1 is 1.39 bits per heavy atom. The highest BCUT2D eigenvalue weighted by Crippen LogP contribution is 2.34. The predicted octanol–water partition coefficient (Wildman–Crippen LogP) is 3.10. The van der Waals surface area contributed by atoms with Gasteiger partial charge in [-0.1, -0.05) is 33.7 Å². The lowest BCUT2D eigenvalue weighted by Crippen LogP contribution is -2.09. The summed E-state index contributed by atoms with van der Waals surface area (Å²) in [6.07, 6.45) is 0. The van der Waals surface area contributed by atoms with Gasteiger partial charge in [-0.25, -0.2) is 0 Å². The van der Waals surface area contributed by atoms with Crippen molar-refractivity contribution in [2.24, 2.45) is 0 Å². The summed E-state index contributed by atoms with van der Waals surface area (Å²) in [4.78, 5) is 11.9. The van der Waals surface area contributed by atoms with E-state index in [1.807, 2.05) is 7.05 Å². The molecule has 1 rings (SSSR count). The number of carbonyl (C=O) groups is 1. The standard InChI is InChI=1S/C13H19NO2S2/c1-10(9-16-11(2)15)17-18-13-6-4-12(5-7-13)8-14-3/h4-7,10,14H,8-9H2,1-3H3. The smallest absolute Gasteiger partial charge is 0.302 e. The Hall–Kier alpha value is -0.650. The van der Waals surface area contributed by atoms with Crippen molar-refractivity contribution in [2.45, 2.75) is 30.5 Å². The van der Waals surface area contributed by atoms with E-state index in [1.54, 1.807) is 21.6 Å². The number of carbonyl (C=O) groups excluding carboxylic acids is 1. The molecular weight excluding hydrogens is 266 g/mol. The van der Waals surface area contributed by atoms with Gasteiger partial charge in [0.25, 0.3) is 0 Å². The van der Waals surface area contributed by atoms with Gasteiger partial charge in [-0.3, -0.25) is 4.79 Å². The SMILES string of the molecule is CNCc1ccc(SSC(C)COC(C)=O)cc1. The molecule has 18 heavy (non-hydrogen) atoms. The van der Waals surface area contributed by atoms with Gasteiger partial charge < -0.3 is 10.1 Å². The fraction of sp³-hybridized carbons (Fsp3) is 0.462. The summed E-state index contributed by atoms with van der Waals surface area (Å²) in [5.41, 5.74) is 1.28. The minimum absolute atomic E-state index is 0.219. The lowest BCUT2D eigenvalue weighted by molar-refractivity contribution is -0.140. The van der Waals surface area contributed by atoms with Gasteiger partial charge in [0.2, 0.25) is 0 Å². The Kier molecular flexibility index (Phi) is 7.23. The van der Waals surface area contributed by atoms with Crippen LogP contribution < -0.4 is 5.32 Å². The molecule has 0 saturated heterocycles. The van der Waals surface area contributed by atoms with Crippen LogP contribution in [-0.4, -0.2) is 24.9 Å². The maximum absolute atomic E-state index is 10.7. The van der Waals surface area contributed by atoms with Gasteiger partial charge in [-0.15, -0.1) is 0 Å². The summed E-state index contributed by atoms with van der Waals surface area (Å²) in [7, 11) is 5.37. The molecule has 0 saturated carbocycles. The van der Waals surface area contributed by atoms with Gasteiger partial charge in [-0.05, 0) is 31.7 Å². The molecule has 1 N–H and O–H groups in total. The summed E-state index contributed by atoms with van der Waals surface area (Å²) in [6.45, 7) is 4.84. The summed E-state index contributed by atoms with van der Waals surface area (Å²) in [5, 5.41) is 3.41. The normalized spacial score (nSPS) is 12.2. The van der Waals surface area contributed by atoms with E-state index in [1.165, 1.54) is 17.4 Å². The molecule has 0 bridgehead atoms. The van der Waals surface area contributed by atoms with Crippen LogP contribution in [0.1, 0.15) is 19.4 Å². The molecule has 0 heterocycles. The maximum atomic E-state index is 10.7. The fourth-order valence-corrected chi connectivity index (χ4v) is 3.24. The largest absolute Gasteiger partial charge is 0.465 e. The topological polar surface area (TPSA) is 38.3 Å². The number of benzene rings is 1. The minimum Gasteiger partial charge on any atom is -0.465 e.